The minimum Gasteiger partial charge on any atom is -0.359 e. The van der Waals surface area contributed by atoms with Crippen LogP contribution in [0.5, 0.6) is 0 Å². The molecule has 1 amide bonds. The minimum absolute atomic E-state index is 0.0223. The maximum atomic E-state index is 12.7. The quantitative estimate of drug-likeness (QED) is 0.807. The number of carbonyl (C=O) groups excluding carboxylic acids is 2. The number of carbonyl (C=O) groups is 2. The zero-order valence-corrected chi connectivity index (χ0v) is 15.3. The summed E-state index contributed by atoms with van der Waals surface area (Å²) in [5.74, 6) is 0.575. The molecule has 2 heterocycles. The summed E-state index contributed by atoms with van der Waals surface area (Å²) in [5, 5.41) is 7.22. The predicted molar refractivity (Wildman–Crippen MR) is 103 cm³/mol. The number of nitrogens with one attached hydrogen (secondary N) is 2. The van der Waals surface area contributed by atoms with Crippen LogP contribution in [0.2, 0.25) is 0 Å². The summed E-state index contributed by atoms with van der Waals surface area (Å²) in [5.41, 5.74) is 0.764. The number of hydrogen-bond acceptors (Lipinski definition) is 5. The second kappa shape index (κ2) is 7.15. The number of para-hydroxylation sites is 1. The van der Waals surface area contributed by atoms with Gasteiger partial charge in [0.25, 0.3) is 5.91 Å². The fourth-order valence-corrected chi connectivity index (χ4v) is 4.17. The fraction of sp³-hybridized carbons (Fsp3) is 0.474. The summed E-state index contributed by atoms with van der Waals surface area (Å²) in [6.45, 7) is 0. The van der Waals surface area contributed by atoms with Crippen molar-refractivity contribution in [3.63, 3.8) is 0 Å². The Bertz CT molecular complexity index is 917. The van der Waals surface area contributed by atoms with Crippen LogP contribution in [-0.4, -0.2) is 33.4 Å². The molecular weight excluding hydrogens is 348 g/mol. The van der Waals surface area contributed by atoms with Gasteiger partial charge in [0.1, 0.15) is 11.9 Å². The van der Waals surface area contributed by atoms with Crippen molar-refractivity contribution in [1.82, 2.24) is 14.9 Å². The third-order valence-corrected chi connectivity index (χ3v) is 5.52. The average Bonchev–Trinajstić information content (AvgIpc) is 2.98. The highest BCUT2D eigenvalue weighted by Crippen LogP contribution is 2.29. The van der Waals surface area contributed by atoms with Gasteiger partial charge in [-0.05, 0) is 43.6 Å². The summed E-state index contributed by atoms with van der Waals surface area (Å²) in [6.07, 6.45) is 6.51. The van der Waals surface area contributed by atoms with Crippen molar-refractivity contribution in [2.75, 3.05) is 5.32 Å². The van der Waals surface area contributed by atoms with Gasteiger partial charge in [0.15, 0.2) is 0 Å². The SMILES string of the molecule is O=C(CCC1Nc2c3ccccc3nc(=S)n2C1=O)NC1CCCCC1. The van der Waals surface area contributed by atoms with Gasteiger partial charge >= 0.3 is 0 Å². The van der Waals surface area contributed by atoms with E-state index in [9.17, 15) is 9.59 Å². The van der Waals surface area contributed by atoms with Crippen molar-refractivity contribution in [1.29, 1.82) is 0 Å². The first kappa shape index (κ1) is 17.1. The van der Waals surface area contributed by atoms with Gasteiger partial charge in [-0.15, -0.1) is 0 Å². The summed E-state index contributed by atoms with van der Waals surface area (Å²) in [4.78, 5) is 29.3. The van der Waals surface area contributed by atoms with Crippen LogP contribution in [-0.2, 0) is 4.79 Å². The van der Waals surface area contributed by atoms with E-state index in [2.05, 4.69) is 15.6 Å². The molecule has 26 heavy (non-hydrogen) atoms. The summed E-state index contributed by atoms with van der Waals surface area (Å²) < 4.78 is 1.71. The molecule has 1 saturated carbocycles. The van der Waals surface area contributed by atoms with Gasteiger partial charge in [0, 0.05) is 17.8 Å². The average molecular weight is 370 g/mol. The maximum absolute atomic E-state index is 12.7. The molecule has 0 spiro atoms. The molecule has 2 aromatic rings. The van der Waals surface area contributed by atoms with Crippen molar-refractivity contribution in [2.24, 2.45) is 0 Å². The summed E-state index contributed by atoms with van der Waals surface area (Å²) >= 11 is 5.29. The van der Waals surface area contributed by atoms with Gasteiger partial charge < -0.3 is 10.6 Å². The normalized spacial score (nSPS) is 20.0. The van der Waals surface area contributed by atoms with Crippen molar-refractivity contribution < 1.29 is 9.59 Å². The zero-order valence-electron chi connectivity index (χ0n) is 14.5. The number of hydrogen-bond donors (Lipinski definition) is 2. The smallest absolute Gasteiger partial charge is 0.257 e. The molecule has 1 atom stereocenters. The molecule has 0 bridgehead atoms. The topological polar surface area (TPSA) is 76.0 Å². The molecule has 2 N–H and O–H groups in total. The maximum Gasteiger partial charge on any atom is 0.257 e. The van der Waals surface area contributed by atoms with Crippen molar-refractivity contribution >= 4 is 40.8 Å². The Morgan fingerprint density at radius 3 is 2.85 bits per heavy atom. The molecule has 1 aromatic carbocycles. The largest absolute Gasteiger partial charge is 0.359 e. The molecule has 2 aliphatic rings. The fourth-order valence-electron chi connectivity index (χ4n) is 3.89. The Morgan fingerprint density at radius 1 is 1.27 bits per heavy atom. The number of amides is 1. The second-order valence-corrected chi connectivity index (χ2v) is 7.44. The molecule has 1 aliphatic heterocycles. The van der Waals surface area contributed by atoms with Crippen LogP contribution < -0.4 is 10.6 Å². The highest BCUT2D eigenvalue weighted by molar-refractivity contribution is 7.71. The highest BCUT2D eigenvalue weighted by Gasteiger charge is 2.32. The Morgan fingerprint density at radius 2 is 2.04 bits per heavy atom. The van der Waals surface area contributed by atoms with Crippen LogP contribution in [0.3, 0.4) is 0 Å². The number of aromatic nitrogens is 2. The lowest BCUT2D eigenvalue weighted by Gasteiger charge is -2.22. The Kier molecular flexibility index (Phi) is 4.72. The van der Waals surface area contributed by atoms with E-state index in [0.717, 1.165) is 23.7 Å². The second-order valence-electron chi connectivity index (χ2n) is 7.07. The van der Waals surface area contributed by atoms with E-state index in [1.54, 1.807) is 0 Å². The van der Waals surface area contributed by atoms with E-state index in [0.29, 0.717) is 24.7 Å². The van der Waals surface area contributed by atoms with Crippen LogP contribution >= 0.6 is 12.2 Å². The van der Waals surface area contributed by atoms with Crippen LogP contribution in [0.25, 0.3) is 10.9 Å². The molecule has 4 rings (SSSR count). The molecule has 1 aliphatic carbocycles. The van der Waals surface area contributed by atoms with E-state index < -0.39 is 6.04 Å². The number of nitrogens with zero attached hydrogens (tertiary/aromatic N) is 2. The lowest BCUT2D eigenvalue weighted by atomic mass is 9.95. The standard InChI is InChI=1S/C19H22N4O2S/c24-16(20-12-6-2-1-3-7-12)11-10-15-18(25)23-17(21-15)13-8-4-5-9-14(13)22-19(23)26/h4-5,8-9,12,15,21H,1-3,6-7,10-11H2,(H,20,24). The van der Waals surface area contributed by atoms with E-state index in [1.807, 2.05) is 24.3 Å². The Labute approximate surface area is 157 Å². The van der Waals surface area contributed by atoms with E-state index in [1.165, 1.54) is 23.8 Å². The van der Waals surface area contributed by atoms with Gasteiger partial charge in [0.2, 0.25) is 10.7 Å². The van der Waals surface area contributed by atoms with Gasteiger partial charge in [0.05, 0.1) is 5.52 Å². The monoisotopic (exact) mass is 370 g/mol. The Hall–Kier alpha value is -2.28. The van der Waals surface area contributed by atoms with Crippen LogP contribution in [0.15, 0.2) is 24.3 Å². The molecule has 0 saturated heterocycles. The Balaban J connectivity index is 1.45. The molecule has 136 valence electrons. The molecule has 0 radical (unpaired) electrons. The molecule has 1 aromatic heterocycles. The van der Waals surface area contributed by atoms with Gasteiger partial charge in [-0.2, -0.15) is 0 Å². The van der Waals surface area contributed by atoms with Crippen molar-refractivity contribution in [3.05, 3.63) is 29.0 Å². The first-order valence-electron chi connectivity index (χ1n) is 9.25. The molecule has 1 fully saturated rings. The van der Waals surface area contributed by atoms with E-state index in [4.69, 9.17) is 12.2 Å². The third-order valence-electron chi connectivity index (χ3n) is 5.25. The summed E-state index contributed by atoms with van der Waals surface area (Å²) in [7, 11) is 0. The van der Waals surface area contributed by atoms with Gasteiger partial charge in [-0.3, -0.25) is 9.59 Å². The van der Waals surface area contributed by atoms with Gasteiger partial charge in [-0.25, -0.2) is 9.55 Å². The van der Waals surface area contributed by atoms with Gasteiger partial charge in [-0.1, -0.05) is 31.4 Å². The minimum atomic E-state index is -0.443. The first-order valence-corrected chi connectivity index (χ1v) is 9.66. The number of fused-ring (bicyclic) bond motifs is 3. The van der Waals surface area contributed by atoms with Crippen molar-refractivity contribution in [3.8, 4) is 0 Å². The lowest BCUT2D eigenvalue weighted by molar-refractivity contribution is -0.122. The molecule has 6 nitrogen and oxygen atoms in total. The van der Waals surface area contributed by atoms with Crippen LogP contribution in [0.4, 0.5) is 5.82 Å². The van der Waals surface area contributed by atoms with Crippen molar-refractivity contribution in [2.45, 2.75) is 57.0 Å². The highest BCUT2D eigenvalue weighted by atomic mass is 32.1. The van der Waals surface area contributed by atoms with Crippen LogP contribution in [0.1, 0.15) is 49.7 Å². The van der Waals surface area contributed by atoms with E-state index >= 15 is 0 Å². The first-order chi connectivity index (χ1) is 12.6. The molecular formula is C19H22N4O2S. The lowest BCUT2D eigenvalue weighted by Crippen LogP contribution is -2.37. The number of rotatable bonds is 4. The zero-order chi connectivity index (χ0) is 18.1. The third kappa shape index (κ3) is 3.23. The molecule has 7 heteroatoms. The summed E-state index contributed by atoms with van der Waals surface area (Å²) in [6, 6.07) is 7.45. The predicted octanol–water partition coefficient (Wildman–Crippen LogP) is 3.43. The van der Waals surface area contributed by atoms with E-state index in [-0.39, 0.29) is 16.6 Å². The number of benzene rings is 1. The molecule has 1 unspecified atom stereocenters. The van der Waals surface area contributed by atoms with Crippen LogP contribution in [0, 0.1) is 4.77 Å². The number of anilines is 1.